The quantitative estimate of drug-likeness (QED) is 0.733. The van der Waals surface area contributed by atoms with Crippen molar-refractivity contribution in [1.82, 2.24) is 9.80 Å². The van der Waals surface area contributed by atoms with Crippen molar-refractivity contribution in [2.45, 2.75) is 79.1 Å². The average molecular weight is 357 g/mol. The molecule has 146 valence electrons. The molecule has 1 aliphatic rings. The summed E-state index contributed by atoms with van der Waals surface area (Å²) in [7, 11) is 0. The van der Waals surface area contributed by atoms with E-state index in [1.165, 1.54) is 0 Å². The molecule has 25 heavy (non-hydrogen) atoms. The van der Waals surface area contributed by atoms with Crippen LogP contribution in [0.3, 0.4) is 0 Å². The molecule has 2 amide bonds. The van der Waals surface area contributed by atoms with Crippen molar-refractivity contribution in [3.05, 3.63) is 0 Å². The Morgan fingerprint density at radius 1 is 1.24 bits per heavy atom. The van der Waals surface area contributed by atoms with E-state index < -0.39 is 11.7 Å². The van der Waals surface area contributed by atoms with Gasteiger partial charge in [-0.15, -0.1) is 0 Å². The lowest BCUT2D eigenvalue weighted by atomic mass is 9.96. The van der Waals surface area contributed by atoms with Gasteiger partial charge in [0.1, 0.15) is 11.7 Å². The minimum atomic E-state index is -0.508. The van der Waals surface area contributed by atoms with Crippen LogP contribution < -0.4 is 0 Å². The molecule has 0 aromatic heterocycles. The largest absolute Gasteiger partial charge is 0.444 e. The van der Waals surface area contributed by atoms with E-state index >= 15 is 0 Å². The van der Waals surface area contributed by atoms with Crippen LogP contribution in [0.5, 0.6) is 0 Å². The van der Waals surface area contributed by atoms with Crippen molar-refractivity contribution >= 4 is 12.0 Å². The molecule has 0 aromatic carbocycles. The van der Waals surface area contributed by atoms with E-state index in [-0.39, 0.29) is 24.0 Å². The van der Waals surface area contributed by atoms with Gasteiger partial charge in [0.2, 0.25) is 0 Å². The summed E-state index contributed by atoms with van der Waals surface area (Å²) < 4.78 is 11.0. The van der Waals surface area contributed by atoms with Crippen LogP contribution in [0.2, 0.25) is 0 Å². The zero-order valence-corrected chi connectivity index (χ0v) is 17.0. The summed E-state index contributed by atoms with van der Waals surface area (Å²) in [6.45, 7) is 15.9. The summed E-state index contributed by atoms with van der Waals surface area (Å²) in [6.07, 6.45) is 1.28. The molecule has 2 atom stereocenters. The van der Waals surface area contributed by atoms with Gasteiger partial charge in [-0.3, -0.25) is 4.79 Å². The second-order valence-corrected chi connectivity index (χ2v) is 8.12. The molecule has 0 aromatic rings. The van der Waals surface area contributed by atoms with E-state index in [9.17, 15) is 9.59 Å². The molecular formula is C19H36N2O4. The second kappa shape index (κ2) is 9.41. The first-order chi connectivity index (χ1) is 11.5. The molecule has 0 bridgehead atoms. The number of piperidine rings is 1. The maximum atomic E-state index is 12.5. The molecule has 6 heteroatoms. The van der Waals surface area contributed by atoms with Crippen LogP contribution in [-0.2, 0) is 14.3 Å². The highest BCUT2D eigenvalue weighted by Gasteiger charge is 2.31. The number of ether oxygens (including phenoxy) is 2. The Labute approximate surface area is 152 Å². The summed E-state index contributed by atoms with van der Waals surface area (Å²) in [5, 5.41) is 0. The Balaban J connectivity index is 2.69. The Hall–Kier alpha value is -1.30. The lowest BCUT2D eigenvalue weighted by molar-refractivity contribution is -0.144. The van der Waals surface area contributed by atoms with Crippen molar-refractivity contribution in [2.75, 3.05) is 26.2 Å². The van der Waals surface area contributed by atoms with Gasteiger partial charge in [0, 0.05) is 32.3 Å². The third kappa shape index (κ3) is 7.22. The van der Waals surface area contributed by atoms with Gasteiger partial charge in [0.15, 0.2) is 0 Å². The Kier molecular flexibility index (Phi) is 8.19. The normalized spacial score (nSPS) is 19.7. The van der Waals surface area contributed by atoms with Crippen LogP contribution in [0.1, 0.15) is 61.3 Å². The number of rotatable bonds is 6. The number of amides is 2. The first-order valence-electron chi connectivity index (χ1n) is 9.45. The summed E-state index contributed by atoms with van der Waals surface area (Å²) in [4.78, 5) is 28.6. The number of hydrogen-bond donors (Lipinski definition) is 0. The van der Waals surface area contributed by atoms with Gasteiger partial charge < -0.3 is 19.3 Å². The molecule has 0 radical (unpaired) electrons. The van der Waals surface area contributed by atoms with Gasteiger partial charge in [0.25, 0.3) is 5.91 Å². The summed E-state index contributed by atoms with van der Waals surface area (Å²) >= 11 is 0. The molecule has 0 saturated carbocycles. The van der Waals surface area contributed by atoms with Crippen molar-refractivity contribution in [1.29, 1.82) is 0 Å². The van der Waals surface area contributed by atoms with E-state index in [2.05, 4.69) is 0 Å². The molecule has 1 fully saturated rings. The van der Waals surface area contributed by atoms with Crippen molar-refractivity contribution in [2.24, 2.45) is 5.92 Å². The van der Waals surface area contributed by atoms with Gasteiger partial charge in [-0.25, -0.2) is 4.79 Å². The molecular weight excluding hydrogens is 320 g/mol. The monoisotopic (exact) mass is 356 g/mol. The second-order valence-electron chi connectivity index (χ2n) is 8.12. The number of likely N-dealkylation sites (tertiary alicyclic amines) is 1. The zero-order chi connectivity index (χ0) is 19.2. The van der Waals surface area contributed by atoms with Crippen LogP contribution in [-0.4, -0.2) is 65.8 Å². The van der Waals surface area contributed by atoms with Gasteiger partial charge in [-0.1, -0.05) is 0 Å². The minimum absolute atomic E-state index is 0.0416. The first-order valence-corrected chi connectivity index (χ1v) is 9.45. The predicted molar refractivity (Wildman–Crippen MR) is 98.5 cm³/mol. The molecule has 0 spiro atoms. The third-order valence-electron chi connectivity index (χ3n) is 4.30. The number of nitrogens with zero attached hydrogens (tertiary/aromatic N) is 2. The lowest BCUT2D eigenvalue weighted by Gasteiger charge is -2.38. The maximum absolute atomic E-state index is 12.5. The SMILES string of the molecule is CCOC(C)C(=O)N1CCCC(CN(C(=O)OC(C)(C)C)C(C)C)C1. The summed E-state index contributed by atoms with van der Waals surface area (Å²) in [6, 6.07) is 0.0586. The molecule has 1 aliphatic heterocycles. The maximum Gasteiger partial charge on any atom is 0.410 e. The number of carbonyl (C=O) groups is 2. The van der Waals surface area contributed by atoms with Crippen molar-refractivity contribution in [3.63, 3.8) is 0 Å². The number of hydrogen-bond acceptors (Lipinski definition) is 4. The standard InChI is InChI=1S/C19H36N2O4/c1-8-24-15(4)17(22)20-11-9-10-16(12-20)13-21(14(2)3)18(23)25-19(5,6)7/h14-16H,8-13H2,1-7H3. The van der Waals surface area contributed by atoms with Crippen LogP contribution in [0.4, 0.5) is 4.79 Å². The van der Waals surface area contributed by atoms with Crippen LogP contribution in [0.25, 0.3) is 0 Å². The Morgan fingerprint density at radius 3 is 2.40 bits per heavy atom. The van der Waals surface area contributed by atoms with Crippen molar-refractivity contribution in [3.8, 4) is 0 Å². The van der Waals surface area contributed by atoms with E-state index in [0.717, 1.165) is 19.4 Å². The summed E-state index contributed by atoms with van der Waals surface area (Å²) in [5.74, 6) is 0.307. The fourth-order valence-electron chi connectivity index (χ4n) is 3.09. The van der Waals surface area contributed by atoms with E-state index in [0.29, 0.717) is 19.7 Å². The number of carbonyl (C=O) groups excluding carboxylic acids is 2. The average Bonchev–Trinajstić information content (AvgIpc) is 2.50. The first kappa shape index (κ1) is 21.7. The summed E-state index contributed by atoms with van der Waals surface area (Å²) in [5.41, 5.74) is -0.508. The van der Waals surface area contributed by atoms with E-state index in [1.807, 2.05) is 46.4 Å². The molecule has 1 heterocycles. The smallest absolute Gasteiger partial charge is 0.410 e. The topological polar surface area (TPSA) is 59.1 Å². The highest BCUT2D eigenvalue weighted by Crippen LogP contribution is 2.21. The van der Waals surface area contributed by atoms with Crippen LogP contribution in [0, 0.1) is 5.92 Å². The third-order valence-corrected chi connectivity index (χ3v) is 4.30. The Bertz CT molecular complexity index is 445. The predicted octanol–water partition coefficient (Wildman–Crippen LogP) is 3.30. The fourth-order valence-corrected chi connectivity index (χ4v) is 3.09. The van der Waals surface area contributed by atoms with Crippen LogP contribution in [0.15, 0.2) is 0 Å². The van der Waals surface area contributed by atoms with Gasteiger partial charge in [-0.05, 0) is 67.2 Å². The highest BCUT2D eigenvalue weighted by molar-refractivity contribution is 5.80. The van der Waals surface area contributed by atoms with E-state index in [4.69, 9.17) is 9.47 Å². The zero-order valence-electron chi connectivity index (χ0n) is 17.0. The molecule has 1 saturated heterocycles. The highest BCUT2D eigenvalue weighted by atomic mass is 16.6. The lowest BCUT2D eigenvalue weighted by Crippen LogP contribution is -2.49. The fraction of sp³-hybridized carbons (Fsp3) is 0.895. The molecule has 6 nitrogen and oxygen atoms in total. The van der Waals surface area contributed by atoms with Gasteiger partial charge >= 0.3 is 6.09 Å². The van der Waals surface area contributed by atoms with E-state index in [1.54, 1.807) is 11.8 Å². The van der Waals surface area contributed by atoms with Crippen molar-refractivity contribution < 1.29 is 19.1 Å². The molecule has 0 N–H and O–H groups in total. The molecule has 0 aliphatic carbocycles. The van der Waals surface area contributed by atoms with Crippen LogP contribution >= 0.6 is 0 Å². The van der Waals surface area contributed by atoms with Gasteiger partial charge in [-0.2, -0.15) is 0 Å². The molecule has 2 unspecified atom stereocenters. The van der Waals surface area contributed by atoms with Gasteiger partial charge in [0.05, 0.1) is 0 Å². The molecule has 1 rings (SSSR count). The minimum Gasteiger partial charge on any atom is -0.444 e. The Morgan fingerprint density at radius 2 is 1.88 bits per heavy atom.